The van der Waals surface area contributed by atoms with E-state index >= 15 is 0 Å². The number of hydrogen-bond donors (Lipinski definition) is 2. The quantitative estimate of drug-likeness (QED) is 0.666. The first kappa shape index (κ1) is 21.9. The lowest BCUT2D eigenvalue weighted by molar-refractivity contribution is -0.122. The van der Waals surface area contributed by atoms with Gasteiger partial charge in [0.1, 0.15) is 16.9 Å². The number of carbonyl (C=O) groups excluding carboxylic acids is 1. The van der Waals surface area contributed by atoms with Crippen molar-refractivity contribution >= 4 is 29.7 Å². The van der Waals surface area contributed by atoms with Gasteiger partial charge < -0.3 is 19.8 Å². The fourth-order valence-corrected chi connectivity index (χ4v) is 4.68. The predicted molar refractivity (Wildman–Crippen MR) is 126 cm³/mol. The molecule has 3 aliphatic rings. The van der Waals surface area contributed by atoms with Crippen LogP contribution in [0.15, 0.2) is 15.4 Å². The van der Waals surface area contributed by atoms with E-state index in [9.17, 15) is 9.59 Å². The molecule has 0 spiro atoms. The van der Waals surface area contributed by atoms with Crippen molar-refractivity contribution in [1.29, 1.82) is 0 Å². The normalized spacial score (nSPS) is 20.5. The molecule has 2 aliphatic carbocycles. The van der Waals surface area contributed by atoms with E-state index in [1.807, 2.05) is 0 Å². The Morgan fingerprint density at radius 3 is 2.76 bits per heavy atom. The molecular weight excluding hydrogens is 420 g/mol. The Labute approximate surface area is 192 Å². The maximum atomic E-state index is 13.3. The van der Waals surface area contributed by atoms with Gasteiger partial charge in [-0.3, -0.25) is 14.2 Å². The monoisotopic (exact) mass is 452 g/mol. The van der Waals surface area contributed by atoms with Gasteiger partial charge in [-0.1, -0.05) is 13.0 Å². The Kier molecular flexibility index (Phi) is 6.10. The minimum Gasteiger partial charge on any atom is -0.461 e. The third-order valence-electron chi connectivity index (χ3n) is 6.92. The molecule has 1 amide bonds. The number of nitrogens with one attached hydrogen (secondary N) is 2. The Morgan fingerprint density at radius 1 is 1.24 bits per heavy atom. The predicted octanol–water partition coefficient (Wildman–Crippen LogP) is 1.93. The lowest BCUT2D eigenvalue weighted by Crippen LogP contribution is -2.36. The highest BCUT2D eigenvalue weighted by Crippen LogP contribution is 2.31. The smallest absolute Gasteiger partial charge is 0.278 e. The zero-order valence-corrected chi connectivity index (χ0v) is 19.4. The van der Waals surface area contributed by atoms with Gasteiger partial charge in [0.15, 0.2) is 0 Å². The third kappa shape index (κ3) is 4.62. The molecule has 2 fully saturated rings. The van der Waals surface area contributed by atoms with Crippen molar-refractivity contribution in [3.8, 4) is 0 Å². The summed E-state index contributed by atoms with van der Waals surface area (Å²) in [6.07, 6.45) is 11.0. The Balaban J connectivity index is 1.39. The van der Waals surface area contributed by atoms with Crippen LogP contribution in [0.2, 0.25) is 0 Å². The van der Waals surface area contributed by atoms with E-state index in [0.717, 1.165) is 42.1 Å². The van der Waals surface area contributed by atoms with Crippen LogP contribution in [-0.2, 0) is 22.5 Å². The van der Waals surface area contributed by atoms with Crippen LogP contribution in [0.3, 0.4) is 0 Å². The van der Waals surface area contributed by atoms with Gasteiger partial charge in [-0.2, -0.15) is 0 Å². The van der Waals surface area contributed by atoms with Crippen molar-refractivity contribution in [2.75, 3.05) is 23.8 Å². The summed E-state index contributed by atoms with van der Waals surface area (Å²) in [5, 5.41) is 7.40. The number of anilines is 2. The topological polar surface area (TPSA) is 98.4 Å². The van der Waals surface area contributed by atoms with Gasteiger partial charge in [-0.05, 0) is 56.6 Å². The van der Waals surface area contributed by atoms with Crippen LogP contribution in [0, 0.1) is 18.8 Å². The van der Waals surface area contributed by atoms with Gasteiger partial charge in [0, 0.05) is 37.3 Å². The lowest BCUT2D eigenvalue weighted by Gasteiger charge is -2.22. The van der Waals surface area contributed by atoms with Crippen molar-refractivity contribution < 1.29 is 13.9 Å². The number of aromatic nitrogens is 2. The first-order valence-corrected chi connectivity index (χ1v) is 12.1. The summed E-state index contributed by atoms with van der Waals surface area (Å²) in [5.74, 6) is 1.80. The number of fused-ring (bicyclic) bond motifs is 1. The first-order chi connectivity index (χ1) is 16.0. The molecule has 2 aromatic rings. The molecule has 33 heavy (non-hydrogen) atoms. The van der Waals surface area contributed by atoms with Crippen molar-refractivity contribution in [3.63, 3.8) is 0 Å². The van der Waals surface area contributed by atoms with Gasteiger partial charge in [-0.15, -0.1) is 0 Å². The largest absolute Gasteiger partial charge is 0.461 e. The number of aryl methyl sites for hydroxylation is 1. The van der Waals surface area contributed by atoms with Gasteiger partial charge in [0.05, 0.1) is 12.2 Å². The average molecular weight is 453 g/mol. The molecule has 5 rings (SSSR count). The minimum atomic E-state index is -0.201. The lowest BCUT2D eigenvalue weighted by atomic mass is 9.99. The number of ether oxygens (including phenoxy) is 1. The molecule has 8 heteroatoms. The summed E-state index contributed by atoms with van der Waals surface area (Å²) < 4.78 is 13.0. The van der Waals surface area contributed by atoms with Crippen LogP contribution in [0.5, 0.6) is 0 Å². The second-order valence-corrected chi connectivity index (χ2v) is 9.37. The third-order valence-corrected chi connectivity index (χ3v) is 6.92. The molecule has 1 atom stereocenters. The Hall–Kier alpha value is -2.87. The summed E-state index contributed by atoms with van der Waals surface area (Å²) in [4.78, 5) is 30.6. The summed E-state index contributed by atoms with van der Waals surface area (Å²) in [7, 11) is 0. The van der Waals surface area contributed by atoms with Gasteiger partial charge in [-0.25, -0.2) is 4.98 Å². The van der Waals surface area contributed by atoms with Crippen molar-refractivity contribution in [3.05, 3.63) is 38.5 Å². The number of amides is 1. The zero-order valence-electron chi connectivity index (χ0n) is 19.4. The van der Waals surface area contributed by atoms with Crippen LogP contribution < -0.4 is 26.8 Å². The maximum absolute atomic E-state index is 13.3. The van der Waals surface area contributed by atoms with Crippen LogP contribution in [-0.4, -0.2) is 34.7 Å². The van der Waals surface area contributed by atoms with Gasteiger partial charge in [0.2, 0.25) is 11.9 Å². The van der Waals surface area contributed by atoms with Crippen LogP contribution >= 0.6 is 0 Å². The van der Waals surface area contributed by atoms with E-state index in [4.69, 9.17) is 9.15 Å². The molecule has 1 saturated heterocycles. The molecular formula is C25H32N4O4. The number of furan rings is 1. The van der Waals surface area contributed by atoms with E-state index in [1.54, 1.807) is 4.57 Å². The fourth-order valence-electron chi connectivity index (χ4n) is 4.68. The minimum absolute atomic E-state index is 0.0125. The number of hydrogen-bond acceptors (Lipinski definition) is 6. The van der Waals surface area contributed by atoms with Crippen LogP contribution in [0.25, 0.3) is 12.2 Å². The van der Waals surface area contributed by atoms with Gasteiger partial charge >= 0.3 is 0 Å². The van der Waals surface area contributed by atoms with Crippen molar-refractivity contribution in [2.45, 2.75) is 65.0 Å². The van der Waals surface area contributed by atoms with Crippen molar-refractivity contribution in [1.82, 2.24) is 9.55 Å². The zero-order chi connectivity index (χ0) is 22.9. The molecule has 1 unspecified atom stereocenters. The summed E-state index contributed by atoms with van der Waals surface area (Å²) >= 11 is 0. The van der Waals surface area contributed by atoms with Crippen molar-refractivity contribution in [2.24, 2.45) is 11.8 Å². The molecule has 0 radical (unpaired) electrons. The summed E-state index contributed by atoms with van der Waals surface area (Å²) in [5.41, 5.74) is 2.15. The molecule has 8 nitrogen and oxygen atoms in total. The van der Waals surface area contributed by atoms with Gasteiger partial charge in [0.25, 0.3) is 5.56 Å². The second-order valence-electron chi connectivity index (χ2n) is 9.37. The molecule has 2 N–H and O–H groups in total. The summed E-state index contributed by atoms with van der Waals surface area (Å²) in [6.45, 7) is 5.96. The SMILES string of the molecule is CCc1oc2c(c1C)=CC(Nc1ncc(NC(=O)C3CCOCC3)c(=O)n1CC1CC1)CC=2. The molecule has 0 aromatic carbocycles. The molecule has 2 aromatic heterocycles. The van der Waals surface area contributed by atoms with Crippen LogP contribution in [0.4, 0.5) is 11.6 Å². The van der Waals surface area contributed by atoms with E-state index in [2.05, 4.69) is 41.6 Å². The van der Waals surface area contributed by atoms with Crippen LogP contribution in [0.1, 0.15) is 50.4 Å². The highest BCUT2D eigenvalue weighted by atomic mass is 16.5. The molecule has 1 saturated carbocycles. The molecule has 3 heterocycles. The average Bonchev–Trinajstić information content (AvgIpc) is 3.60. The number of carbonyl (C=O) groups is 1. The second kappa shape index (κ2) is 9.17. The van der Waals surface area contributed by atoms with E-state index < -0.39 is 0 Å². The highest BCUT2D eigenvalue weighted by molar-refractivity contribution is 5.92. The Morgan fingerprint density at radius 2 is 2.03 bits per heavy atom. The molecule has 176 valence electrons. The van der Waals surface area contributed by atoms with E-state index in [1.165, 1.54) is 11.8 Å². The summed E-state index contributed by atoms with van der Waals surface area (Å²) in [6, 6.07) is 0.0125. The number of nitrogens with zero attached hydrogens (tertiary/aromatic N) is 2. The standard InChI is InChI=1S/C25H32N4O4/c1-3-21-15(2)19-12-18(6-7-22(19)33-21)27-25-26-13-20(24(31)29(25)14-16-4-5-16)28-23(30)17-8-10-32-11-9-17/h7,12-13,16-18H,3-6,8-11,14H2,1-2H3,(H,26,27)(H,28,30). The van der Waals surface area contributed by atoms with E-state index in [-0.39, 0.29) is 29.1 Å². The number of rotatable bonds is 7. The Bertz CT molecular complexity index is 1220. The molecule has 0 bridgehead atoms. The highest BCUT2D eigenvalue weighted by Gasteiger charge is 2.27. The first-order valence-electron chi connectivity index (χ1n) is 12.1. The fraction of sp³-hybridized carbons (Fsp3) is 0.560. The van der Waals surface area contributed by atoms with E-state index in [0.29, 0.717) is 44.5 Å². The molecule has 1 aliphatic heterocycles. The maximum Gasteiger partial charge on any atom is 0.278 e.